The predicted octanol–water partition coefficient (Wildman–Crippen LogP) is 15.6. The summed E-state index contributed by atoms with van der Waals surface area (Å²) in [6, 6.07) is 79.4. The molecule has 0 N–H and O–H groups in total. The summed E-state index contributed by atoms with van der Waals surface area (Å²) < 4.78 is 2.66. The molecule has 0 saturated carbocycles. The van der Waals surface area contributed by atoms with Gasteiger partial charge in [0.1, 0.15) is 0 Å². The van der Waals surface area contributed by atoms with Gasteiger partial charge in [0.2, 0.25) is 0 Å². The zero-order valence-electron chi connectivity index (χ0n) is 33.1. The van der Waals surface area contributed by atoms with Crippen molar-refractivity contribution in [2.75, 3.05) is 0 Å². The van der Waals surface area contributed by atoms with Crippen LogP contribution in [0.3, 0.4) is 0 Å². The minimum absolute atomic E-state index is 0.627. The smallest absolute Gasteiger partial charge is 0.164 e. The van der Waals surface area contributed by atoms with Gasteiger partial charge in [-0.05, 0) is 79.9 Å². The molecule has 0 fully saturated rings. The summed E-state index contributed by atoms with van der Waals surface area (Å²) >= 11 is 1.85. The Morgan fingerprint density at radius 2 is 0.639 bits per heavy atom. The van der Waals surface area contributed by atoms with E-state index in [-0.39, 0.29) is 0 Å². The highest BCUT2D eigenvalue weighted by Gasteiger charge is 2.16. The number of aromatic nitrogens is 3. The summed E-state index contributed by atoms with van der Waals surface area (Å²) in [4.78, 5) is 15.4. The third kappa shape index (κ3) is 7.20. The zero-order chi connectivity index (χ0) is 40.5. The van der Waals surface area contributed by atoms with Crippen molar-refractivity contribution < 1.29 is 0 Å². The van der Waals surface area contributed by atoms with Gasteiger partial charge in [0.05, 0.1) is 0 Å². The van der Waals surface area contributed by atoms with Gasteiger partial charge in [0.25, 0.3) is 0 Å². The van der Waals surface area contributed by atoms with Crippen molar-refractivity contribution in [2.24, 2.45) is 0 Å². The molecule has 0 aliphatic carbocycles. The van der Waals surface area contributed by atoms with Crippen molar-refractivity contribution in [1.82, 2.24) is 15.0 Å². The molecule has 0 amide bonds. The van der Waals surface area contributed by atoms with E-state index in [1.165, 1.54) is 42.4 Å². The molecule has 9 aromatic carbocycles. The lowest BCUT2D eigenvalue weighted by molar-refractivity contribution is 1.07. The maximum absolute atomic E-state index is 5.14. The normalized spacial score (nSPS) is 11.3. The second-order valence-corrected chi connectivity index (χ2v) is 16.3. The van der Waals surface area contributed by atoms with E-state index in [1.54, 1.807) is 0 Å². The van der Waals surface area contributed by atoms with E-state index in [1.807, 2.05) is 29.5 Å². The highest BCUT2D eigenvalue weighted by Crippen LogP contribution is 2.38. The summed E-state index contributed by atoms with van der Waals surface area (Å²) in [6.07, 6.45) is 0. The van der Waals surface area contributed by atoms with Crippen LogP contribution in [0.15, 0.2) is 224 Å². The van der Waals surface area contributed by atoms with Gasteiger partial charge in [-0.1, -0.05) is 200 Å². The Balaban J connectivity index is 0.894. The number of rotatable bonds is 8. The lowest BCUT2D eigenvalue weighted by atomic mass is 9.97. The van der Waals surface area contributed by atoms with Gasteiger partial charge in [0.15, 0.2) is 17.5 Å². The largest absolute Gasteiger partial charge is 0.208 e. The number of benzene rings is 9. The SMILES string of the molecule is c1ccc(-c2cccc(-c3nc(-c4ccc(-c5ccc(-c6ccc(-c7ccc8sc9ccccc9c8c7)cc6)cc5)cc4)nc(-c4ccccc4-c4ccccc4)n3)c2)cc1. The first-order chi connectivity index (χ1) is 30.2. The molecule has 3 nitrogen and oxygen atoms in total. The summed E-state index contributed by atoms with van der Waals surface area (Å²) in [5.74, 6) is 1.89. The summed E-state index contributed by atoms with van der Waals surface area (Å²) in [5, 5.41) is 2.65. The molecule has 4 heteroatoms. The van der Waals surface area contributed by atoms with E-state index in [4.69, 9.17) is 15.0 Å². The standard InChI is InChI=1S/C57H37N3S/c1-3-12-38(13-4-1)46-16-11-17-48(36-46)56-58-55(59-57(60-56)51-20-8-7-18-49(51)44-14-5-2-6-15-44)45-32-30-42(31-33-45)40-24-22-39(23-25-40)41-26-28-43(29-27-41)47-34-35-54-52(37-47)50-19-9-10-21-53(50)61-54/h1-37H. The first kappa shape index (κ1) is 36.3. The number of hydrogen-bond donors (Lipinski definition) is 0. The van der Waals surface area contributed by atoms with Crippen molar-refractivity contribution in [3.8, 4) is 89.8 Å². The van der Waals surface area contributed by atoms with Crippen molar-refractivity contribution in [3.63, 3.8) is 0 Å². The van der Waals surface area contributed by atoms with E-state index in [9.17, 15) is 0 Å². The molecule has 0 saturated heterocycles. The molecule has 11 aromatic rings. The Labute approximate surface area is 359 Å². The predicted molar refractivity (Wildman–Crippen MR) is 256 cm³/mol. The van der Waals surface area contributed by atoms with Crippen molar-refractivity contribution >= 4 is 31.5 Å². The fraction of sp³-hybridized carbons (Fsp3) is 0. The van der Waals surface area contributed by atoms with Crippen LogP contribution in [-0.2, 0) is 0 Å². The minimum Gasteiger partial charge on any atom is -0.208 e. The lowest BCUT2D eigenvalue weighted by Gasteiger charge is -2.13. The molecule has 0 atom stereocenters. The highest BCUT2D eigenvalue weighted by atomic mass is 32.1. The molecular formula is C57H37N3S. The molecule has 2 aromatic heterocycles. The van der Waals surface area contributed by atoms with Gasteiger partial charge in [-0.2, -0.15) is 0 Å². The fourth-order valence-corrected chi connectivity index (χ4v) is 9.28. The Kier molecular flexibility index (Phi) is 9.38. The van der Waals surface area contributed by atoms with Gasteiger partial charge < -0.3 is 0 Å². The second-order valence-electron chi connectivity index (χ2n) is 15.2. The van der Waals surface area contributed by atoms with Crippen molar-refractivity contribution in [1.29, 1.82) is 0 Å². The Bertz CT molecular complexity index is 3320. The monoisotopic (exact) mass is 795 g/mol. The first-order valence-electron chi connectivity index (χ1n) is 20.5. The summed E-state index contributed by atoms with van der Waals surface area (Å²) in [5.41, 5.74) is 14.4. The Morgan fingerprint density at radius 3 is 1.30 bits per heavy atom. The van der Waals surface area contributed by atoms with Crippen LogP contribution < -0.4 is 0 Å². The maximum atomic E-state index is 5.14. The molecule has 0 spiro atoms. The molecule has 0 aliphatic heterocycles. The first-order valence-corrected chi connectivity index (χ1v) is 21.3. The van der Waals surface area contributed by atoms with E-state index in [0.29, 0.717) is 17.5 Å². The zero-order valence-corrected chi connectivity index (χ0v) is 33.9. The number of thiophene rings is 1. The molecule has 0 unspecified atom stereocenters. The van der Waals surface area contributed by atoms with Crippen LogP contribution in [0, 0.1) is 0 Å². The van der Waals surface area contributed by atoms with Crippen LogP contribution in [0.5, 0.6) is 0 Å². The van der Waals surface area contributed by atoms with Gasteiger partial charge in [-0.25, -0.2) is 15.0 Å². The van der Waals surface area contributed by atoms with Gasteiger partial charge in [-0.3, -0.25) is 0 Å². The lowest BCUT2D eigenvalue weighted by Crippen LogP contribution is -2.01. The van der Waals surface area contributed by atoms with Crippen molar-refractivity contribution in [3.05, 3.63) is 224 Å². The third-order valence-electron chi connectivity index (χ3n) is 11.4. The van der Waals surface area contributed by atoms with E-state index in [0.717, 1.165) is 50.1 Å². The van der Waals surface area contributed by atoms with Crippen LogP contribution in [0.4, 0.5) is 0 Å². The van der Waals surface area contributed by atoms with Gasteiger partial charge in [-0.15, -0.1) is 11.3 Å². The second kappa shape index (κ2) is 15.8. The minimum atomic E-state index is 0.627. The molecule has 0 radical (unpaired) electrons. The number of fused-ring (bicyclic) bond motifs is 3. The van der Waals surface area contributed by atoms with Crippen LogP contribution in [-0.4, -0.2) is 15.0 Å². The topological polar surface area (TPSA) is 38.7 Å². The molecule has 0 bridgehead atoms. The molecule has 286 valence electrons. The summed E-state index contributed by atoms with van der Waals surface area (Å²) in [6.45, 7) is 0. The van der Waals surface area contributed by atoms with E-state index in [2.05, 4.69) is 206 Å². The van der Waals surface area contributed by atoms with Crippen LogP contribution in [0.1, 0.15) is 0 Å². The van der Waals surface area contributed by atoms with Crippen molar-refractivity contribution in [2.45, 2.75) is 0 Å². The van der Waals surface area contributed by atoms with Gasteiger partial charge >= 0.3 is 0 Å². The molecule has 61 heavy (non-hydrogen) atoms. The quantitative estimate of drug-likeness (QED) is 0.154. The number of nitrogens with zero attached hydrogens (tertiary/aromatic N) is 3. The molecule has 11 rings (SSSR count). The van der Waals surface area contributed by atoms with Gasteiger partial charge in [0, 0.05) is 36.9 Å². The fourth-order valence-electron chi connectivity index (χ4n) is 8.20. The third-order valence-corrected chi connectivity index (χ3v) is 12.6. The average molecular weight is 796 g/mol. The average Bonchev–Trinajstić information content (AvgIpc) is 3.73. The molecule has 0 aliphatic rings. The van der Waals surface area contributed by atoms with E-state index < -0.39 is 0 Å². The van der Waals surface area contributed by atoms with Crippen LogP contribution in [0.25, 0.3) is 110 Å². The van der Waals surface area contributed by atoms with Crippen LogP contribution >= 0.6 is 11.3 Å². The Hall–Kier alpha value is -7.79. The molecule has 2 heterocycles. The Morgan fingerprint density at radius 1 is 0.230 bits per heavy atom. The highest BCUT2D eigenvalue weighted by molar-refractivity contribution is 7.25. The van der Waals surface area contributed by atoms with E-state index >= 15 is 0 Å². The number of hydrogen-bond acceptors (Lipinski definition) is 4. The maximum Gasteiger partial charge on any atom is 0.164 e. The molecular weight excluding hydrogens is 759 g/mol. The summed E-state index contributed by atoms with van der Waals surface area (Å²) in [7, 11) is 0. The van der Waals surface area contributed by atoms with Crippen LogP contribution in [0.2, 0.25) is 0 Å².